The second kappa shape index (κ2) is 9.29. The molecule has 0 aliphatic rings. The molecular weight excluding hydrogens is 283 g/mol. The first-order valence-corrected chi connectivity index (χ1v) is 8.34. The Hall–Kier alpha value is -1.89. The molecule has 1 heteroatoms. The zero-order valence-electron chi connectivity index (χ0n) is 15.3. The van der Waals surface area contributed by atoms with Crippen molar-refractivity contribution in [3.8, 4) is 0 Å². The van der Waals surface area contributed by atoms with Crippen molar-refractivity contribution in [2.24, 2.45) is 5.92 Å². The van der Waals surface area contributed by atoms with E-state index in [4.69, 9.17) is 0 Å². The van der Waals surface area contributed by atoms with Gasteiger partial charge in [-0.25, -0.2) is 4.39 Å². The summed E-state index contributed by atoms with van der Waals surface area (Å²) >= 11 is 0. The molecule has 0 heterocycles. The number of rotatable bonds is 6. The molecule has 0 aromatic heterocycles. The molecule has 0 aliphatic carbocycles. The van der Waals surface area contributed by atoms with E-state index in [9.17, 15) is 4.39 Å². The molecule has 124 valence electrons. The first-order chi connectivity index (χ1) is 10.9. The molecular formula is C22H29F. The predicted molar refractivity (Wildman–Crippen MR) is 101 cm³/mol. The number of benzene rings is 1. The van der Waals surface area contributed by atoms with Gasteiger partial charge in [0.1, 0.15) is 5.82 Å². The number of hydrogen-bond donors (Lipinski definition) is 0. The highest BCUT2D eigenvalue weighted by Crippen LogP contribution is 2.27. The lowest BCUT2D eigenvalue weighted by atomic mass is 9.90. The Bertz CT molecular complexity index is 624. The van der Waals surface area contributed by atoms with Crippen molar-refractivity contribution < 1.29 is 4.39 Å². The first-order valence-electron chi connectivity index (χ1n) is 8.34. The van der Waals surface area contributed by atoms with Crippen LogP contribution < -0.4 is 0 Å². The van der Waals surface area contributed by atoms with Crippen LogP contribution in [0.25, 0.3) is 6.08 Å². The number of allylic oxidation sites excluding steroid dienone is 7. The van der Waals surface area contributed by atoms with E-state index in [-0.39, 0.29) is 5.82 Å². The fraction of sp³-hybridized carbons (Fsp3) is 0.364. The third-order valence-electron chi connectivity index (χ3n) is 4.48. The summed E-state index contributed by atoms with van der Waals surface area (Å²) in [6, 6.07) is 6.61. The van der Waals surface area contributed by atoms with Crippen molar-refractivity contribution in [1.82, 2.24) is 0 Å². The molecule has 1 rings (SSSR count). The summed E-state index contributed by atoms with van der Waals surface area (Å²) in [7, 11) is 0. The minimum atomic E-state index is -0.200. The van der Waals surface area contributed by atoms with Crippen molar-refractivity contribution in [3.05, 3.63) is 76.2 Å². The lowest BCUT2D eigenvalue weighted by molar-refractivity contribution is 0.628. The van der Waals surface area contributed by atoms with Crippen LogP contribution >= 0.6 is 0 Å². The van der Waals surface area contributed by atoms with Gasteiger partial charge in [-0.15, -0.1) is 0 Å². The second-order valence-corrected chi connectivity index (χ2v) is 6.05. The van der Waals surface area contributed by atoms with E-state index in [2.05, 4.69) is 65.8 Å². The molecule has 0 radical (unpaired) electrons. The van der Waals surface area contributed by atoms with E-state index in [0.717, 1.165) is 12.0 Å². The van der Waals surface area contributed by atoms with Crippen LogP contribution in [0.3, 0.4) is 0 Å². The maximum absolute atomic E-state index is 13.0. The zero-order chi connectivity index (χ0) is 17.4. The first kappa shape index (κ1) is 19.2. The average Bonchev–Trinajstić information content (AvgIpc) is 2.55. The molecule has 0 aliphatic heterocycles. The van der Waals surface area contributed by atoms with Gasteiger partial charge in [-0.1, -0.05) is 61.4 Å². The molecule has 1 aromatic carbocycles. The molecule has 1 unspecified atom stereocenters. The van der Waals surface area contributed by atoms with E-state index < -0.39 is 0 Å². The predicted octanol–water partition coefficient (Wildman–Crippen LogP) is 7.11. The maximum Gasteiger partial charge on any atom is 0.123 e. The fourth-order valence-corrected chi connectivity index (χ4v) is 2.48. The highest BCUT2D eigenvalue weighted by molar-refractivity contribution is 5.58. The van der Waals surface area contributed by atoms with Gasteiger partial charge in [-0.2, -0.15) is 0 Å². The molecule has 1 atom stereocenters. The highest BCUT2D eigenvalue weighted by atomic mass is 19.1. The largest absolute Gasteiger partial charge is 0.207 e. The average molecular weight is 312 g/mol. The summed E-state index contributed by atoms with van der Waals surface area (Å²) in [6.45, 7) is 13.0. The minimum absolute atomic E-state index is 0.200. The van der Waals surface area contributed by atoms with Crippen LogP contribution in [-0.4, -0.2) is 0 Å². The van der Waals surface area contributed by atoms with Gasteiger partial charge in [0.25, 0.3) is 0 Å². The van der Waals surface area contributed by atoms with Gasteiger partial charge in [0, 0.05) is 0 Å². The zero-order valence-corrected chi connectivity index (χ0v) is 15.3. The summed E-state index contributed by atoms with van der Waals surface area (Å²) in [6.07, 6.45) is 9.59. The van der Waals surface area contributed by atoms with E-state index >= 15 is 0 Å². The van der Waals surface area contributed by atoms with E-state index in [0.29, 0.717) is 5.92 Å². The van der Waals surface area contributed by atoms with Crippen LogP contribution in [0, 0.1) is 11.7 Å². The lowest BCUT2D eigenvalue weighted by Crippen LogP contribution is -1.99. The normalized spacial score (nSPS) is 15.8. The van der Waals surface area contributed by atoms with Crippen LogP contribution in [0.15, 0.2) is 64.8 Å². The van der Waals surface area contributed by atoms with Crippen LogP contribution in [0.5, 0.6) is 0 Å². The summed E-state index contributed by atoms with van der Waals surface area (Å²) in [5, 5.41) is 0. The SMILES string of the molecule is C/C=C\C(C)/C(C)=C(/C=C/c1ccc(F)cc1)C(\C)=C(/C)CC. The van der Waals surface area contributed by atoms with Gasteiger partial charge in [-0.3, -0.25) is 0 Å². The van der Waals surface area contributed by atoms with Crippen LogP contribution in [0.2, 0.25) is 0 Å². The van der Waals surface area contributed by atoms with Crippen molar-refractivity contribution >= 4 is 6.08 Å². The molecule has 0 nitrogen and oxygen atoms in total. The number of halogens is 1. The van der Waals surface area contributed by atoms with Crippen LogP contribution in [0.1, 0.15) is 53.5 Å². The minimum Gasteiger partial charge on any atom is -0.207 e. The van der Waals surface area contributed by atoms with Gasteiger partial charge in [0.15, 0.2) is 0 Å². The van der Waals surface area contributed by atoms with Gasteiger partial charge in [-0.05, 0) is 68.9 Å². The molecule has 23 heavy (non-hydrogen) atoms. The monoisotopic (exact) mass is 312 g/mol. The highest BCUT2D eigenvalue weighted by Gasteiger charge is 2.09. The molecule has 0 N–H and O–H groups in total. The summed E-state index contributed by atoms with van der Waals surface area (Å²) < 4.78 is 13.0. The van der Waals surface area contributed by atoms with Crippen molar-refractivity contribution in [2.75, 3.05) is 0 Å². The van der Waals surface area contributed by atoms with Crippen molar-refractivity contribution in [1.29, 1.82) is 0 Å². The fourth-order valence-electron chi connectivity index (χ4n) is 2.48. The smallest absolute Gasteiger partial charge is 0.123 e. The maximum atomic E-state index is 13.0. The molecule has 0 amide bonds. The Morgan fingerprint density at radius 2 is 1.74 bits per heavy atom. The Morgan fingerprint density at radius 3 is 2.26 bits per heavy atom. The topological polar surface area (TPSA) is 0 Å². The van der Waals surface area contributed by atoms with Crippen LogP contribution in [-0.2, 0) is 0 Å². The van der Waals surface area contributed by atoms with E-state index in [1.807, 2.05) is 0 Å². The molecule has 0 spiro atoms. The van der Waals surface area contributed by atoms with Gasteiger partial charge < -0.3 is 0 Å². The Morgan fingerprint density at radius 1 is 1.13 bits per heavy atom. The quantitative estimate of drug-likeness (QED) is 0.387. The Kier molecular flexibility index (Phi) is 7.74. The summed E-state index contributed by atoms with van der Waals surface area (Å²) in [5.41, 5.74) is 6.37. The molecule has 0 saturated heterocycles. The summed E-state index contributed by atoms with van der Waals surface area (Å²) in [4.78, 5) is 0. The summed E-state index contributed by atoms with van der Waals surface area (Å²) in [5.74, 6) is 0.196. The Labute approximate surface area is 141 Å². The van der Waals surface area contributed by atoms with Crippen molar-refractivity contribution in [3.63, 3.8) is 0 Å². The Balaban J connectivity index is 3.29. The van der Waals surface area contributed by atoms with Gasteiger partial charge in [0.2, 0.25) is 0 Å². The second-order valence-electron chi connectivity index (χ2n) is 6.05. The molecule has 0 saturated carbocycles. The third kappa shape index (κ3) is 5.67. The lowest BCUT2D eigenvalue weighted by Gasteiger charge is -2.16. The third-order valence-corrected chi connectivity index (χ3v) is 4.48. The molecule has 1 aromatic rings. The van der Waals surface area contributed by atoms with E-state index in [1.165, 1.54) is 34.4 Å². The van der Waals surface area contributed by atoms with Gasteiger partial charge >= 0.3 is 0 Å². The van der Waals surface area contributed by atoms with Crippen molar-refractivity contribution in [2.45, 2.75) is 48.0 Å². The molecule has 0 fully saturated rings. The van der Waals surface area contributed by atoms with Crippen LogP contribution in [0.4, 0.5) is 4.39 Å². The number of hydrogen-bond acceptors (Lipinski definition) is 0. The standard InChI is InChI=1S/C22H29F/c1-7-9-17(4)19(6)22(18(5)16(3)8-2)15-12-20-10-13-21(23)14-11-20/h7,9-15,17H,8H2,1-6H3/b9-7-,15-12+,18-16+,22-19-. The van der Waals surface area contributed by atoms with Gasteiger partial charge in [0.05, 0.1) is 0 Å². The molecule has 0 bridgehead atoms. The van der Waals surface area contributed by atoms with E-state index in [1.54, 1.807) is 12.1 Å².